The van der Waals surface area contributed by atoms with Gasteiger partial charge >= 0.3 is 5.97 Å². The van der Waals surface area contributed by atoms with Crippen LogP contribution in [0, 0.1) is 0 Å². The van der Waals surface area contributed by atoms with Gasteiger partial charge < -0.3 is 15.2 Å². The minimum absolute atomic E-state index is 0. The number of methoxy groups -OCH3 is 2. The average Bonchev–Trinajstić information content (AvgIpc) is 2.55. The normalized spacial score (nSPS) is 22.0. The fourth-order valence-corrected chi connectivity index (χ4v) is 2.83. The second-order valence-corrected chi connectivity index (χ2v) is 5.43. The molecule has 0 saturated carbocycles. The Labute approximate surface area is 138 Å². The first-order valence-electron chi connectivity index (χ1n) is 7.32. The number of piperidine rings is 1. The van der Waals surface area contributed by atoms with Crippen LogP contribution in [0.1, 0.15) is 28.8 Å². The van der Waals surface area contributed by atoms with E-state index in [9.17, 15) is 4.79 Å². The summed E-state index contributed by atoms with van der Waals surface area (Å²) in [6, 6.07) is 7.91. The molecule has 2 rings (SSSR count). The number of hydrogen-bond donors (Lipinski definition) is 1. The number of carbonyl (C=O) groups excluding carboxylic acids is 1. The van der Waals surface area contributed by atoms with E-state index in [1.165, 1.54) is 12.7 Å². The number of rotatable bonds is 5. The number of carbonyl (C=O) groups is 1. The van der Waals surface area contributed by atoms with E-state index in [-0.39, 0.29) is 18.4 Å². The fourth-order valence-electron chi connectivity index (χ4n) is 2.83. The molecule has 0 radical (unpaired) electrons. The van der Waals surface area contributed by atoms with E-state index in [0.717, 1.165) is 25.9 Å². The summed E-state index contributed by atoms with van der Waals surface area (Å²) >= 11 is 0. The zero-order valence-electron chi connectivity index (χ0n) is 13.2. The molecule has 22 heavy (non-hydrogen) atoms. The van der Waals surface area contributed by atoms with E-state index in [1.807, 2.05) is 12.1 Å². The molecule has 1 saturated heterocycles. The zero-order valence-corrected chi connectivity index (χ0v) is 14.0. The van der Waals surface area contributed by atoms with Crippen molar-refractivity contribution in [1.82, 2.24) is 4.90 Å². The molecule has 2 N–H and O–H groups in total. The van der Waals surface area contributed by atoms with Crippen molar-refractivity contribution in [3.63, 3.8) is 0 Å². The fraction of sp³-hybridized carbons (Fsp3) is 0.562. The topological polar surface area (TPSA) is 64.8 Å². The first-order chi connectivity index (χ1) is 10.2. The Morgan fingerprint density at radius 1 is 1.32 bits per heavy atom. The number of nitrogens with two attached hydrogens (primary N) is 1. The van der Waals surface area contributed by atoms with Gasteiger partial charge in [0.2, 0.25) is 0 Å². The Morgan fingerprint density at radius 3 is 2.55 bits per heavy atom. The zero-order chi connectivity index (χ0) is 15.2. The molecule has 0 spiro atoms. The van der Waals surface area contributed by atoms with Crippen LogP contribution in [0.25, 0.3) is 0 Å². The Bertz CT molecular complexity index is 467. The maximum Gasteiger partial charge on any atom is 0.337 e. The van der Waals surface area contributed by atoms with Crippen molar-refractivity contribution in [3.05, 3.63) is 35.4 Å². The molecule has 0 bridgehead atoms. The maximum absolute atomic E-state index is 11.4. The molecule has 0 aromatic heterocycles. The third-order valence-corrected chi connectivity index (χ3v) is 4.16. The molecule has 6 heteroatoms. The summed E-state index contributed by atoms with van der Waals surface area (Å²) in [6.45, 7) is 2.47. The molecule has 1 aliphatic heterocycles. The van der Waals surface area contributed by atoms with Crippen molar-refractivity contribution in [2.75, 3.05) is 27.3 Å². The molecule has 0 aliphatic carbocycles. The largest absolute Gasteiger partial charge is 0.465 e. The van der Waals surface area contributed by atoms with Gasteiger partial charge in [-0.15, -0.1) is 12.4 Å². The van der Waals surface area contributed by atoms with Crippen LogP contribution in [-0.2, 0) is 16.0 Å². The third-order valence-electron chi connectivity index (χ3n) is 4.16. The summed E-state index contributed by atoms with van der Waals surface area (Å²) in [5, 5.41) is 0. The highest BCUT2D eigenvalue weighted by atomic mass is 35.5. The lowest BCUT2D eigenvalue weighted by atomic mass is 9.98. The molecular formula is C16H25ClN2O3. The van der Waals surface area contributed by atoms with Gasteiger partial charge in [-0.1, -0.05) is 12.1 Å². The van der Waals surface area contributed by atoms with Gasteiger partial charge in [-0.05, 0) is 30.5 Å². The van der Waals surface area contributed by atoms with Crippen molar-refractivity contribution >= 4 is 18.4 Å². The second-order valence-electron chi connectivity index (χ2n) is 5.43. The van der Waals surface area contributed by atoms with E-state index in [0.29, 0.717) is 24.3 Å². The maximum atomic E-state index is 11.4. The predicted octanol–water partition coefficient (Wildman–Crippen LogP) is 1.83. The van der Waals surface area contributed by atoms with Crippen LogP contribution in [0.3, 0.4) is 0 Å². The van der Waals surface area contributed by atoms with Crippen molar-refractivity contribution in [3.8, 4) is 0 Å². The highest BCUT2D eigenvalue weighted by Crippen LogP contribution is 2.21. The summed E-state index contributed by atoms with van der Waals surface area (Å²) in [4.78, 5) is 13.8. The van der Waals surface area contributed by atoms with Gasteiger partial charge in [0.25, 0.3) is 0 Å². The van der Waals surface area contributed by atoms with Gasteiger partial charge in [0.05, 0.1) is 18.8 Å². The van der Waals surface area contributed by atoms with Gasteiger partial charge in [0.15, 0.2) is 0 Å². The molecule has 1 aliphatic rings. The van der Waals surface area contributed by atoms with Gasteiger partial charge in [0.1, 0.15) is 0 Å². The molecule has 5 nitrogen and oxygen atoms in total. The lowest BCUT2D eigenvalue weighted by molar-refractivity contribution is 0.0102. The van der Waals surface area contributed by atoms with Crippen molar-refractivity contribution < 1.29 is 14.3 Å². The summed E-state index contributed by atoms with van der Waals surface area (Å²) in [5.41, 5.74) is 7.64. The molecule has 1 aromatic rings. The summed E-state index contributed by atoms with van der Waals surface area (Å²) < 4.78 is 10.1. The Morgan fingerprint density at radius 2 is 2.00 bits per heavy atom. The molecule has 2 unspecified atom stereocenters. The van der Waals surface area contributed by atoms with Crippen LogP contribution in [0.5, 0.6) is 0 Å². The van der Waals surface area contributed by atoms with E-state index >= 15 is 0 Å². The first kappa shape index (κ1) is 18.9. The summed E-state index contributed by atoms with van der Waals surface area (Å²) in [6.07, 6.45) is 2.33. The molecule has 1 heterocycles. The average molecular weight is 329 g/mol. The van der Waals surface area contributed by atoms with Crippen molar-refractivity contribution in [2.45, 2.75) is 31.5 Å². The van der Waals surface area contributed by atoms with Gasteiger partial charge in [-0.3, -0.25) is 4.90 Å². The second kappa shape index (κ2) is 9.10. The smallest absolute Gasteiger partial charge is 0.337 e. The van der Waals surface area contributed by atoms with Crippen LogP contribution in [0.4, 0.5) is 0 Å². The van der Waals surface area contributed by atoms with E-state index < -0.39 is 0 Å². The van der Waals surface area contributed by atoms with Crippen LogP contribution in [0.15, 0.2) is 24.3 Å². The first-order valence-corrected chi connectivity index (χ1v) is 7.32. The highest BCUT2D eigenvalue weighted by molar-refractivity contribution is 5.89. The van der Waals surface area contributed by atoms with Gasteiger partial charge in [-0.25, -0.2) is 4.79 Å². The van der Waals surface area contributed by atoms with E-state index in [1.54, 1.807) is 19.2 Å². The molecular weight excluding hydrogens is 304 g/mol. The summed E-state index contributed by atoms with van der Waals surface area (Å²) in [5.74, 6) is -0.303. The number of hydrogen-bond acceptors (Lipinski definition) is 5. The van der Waals surface area contributed by atoms with E-state index in [2.05, 4.69) is 4.90 Å². The Hall–Kier alpha value is -1.14. The van der Waals surface area contributed by atoms with Crippen LogP contribution in [-0.4, -0.2) is 50.3 Å². The third kappa shape index (κ3) is 4.68. The number of nitrogens with zero attached hydrogens (tertiary/aromatic N) is 1. The molecule has 0 amide bonds. The molecule has 1 fully saturated rings. The summed E-state index contributed by atoms with van der Waals surface area (Å²) in [7, 11) is 3.15. The van der Waals surface area contributed by atoms with Crippen LogP contribution >= 0.6 is 12.4 Å². The minimum atomic E-state index is -0.303. The van der Waals surface area contributed by atoms with Crippen LogP contribution in [0.2, 0.25) is 0 Å². The Balaban J connectivity index is 0.00000242. The SMILES string of the molecule is COC(=O)c1ccc(CN2CCC(OC)CC2CN)cc1.Cl. The lowest BCUT2D eigenvalue weighted by Gasteiger charge is -2.38. The Kier molecular flexibility index (Phi) is 7.82. The standard InChI is InChI=1S/C16H24N2O3.ClH/c1-20-15-7-8-18(14(9-15)10-17)11-12-3-5-13(6-4-12)16(19)21-2;/h3-6,14-15H,7-11,17H2,1-2H3;1H. The lowest BCUT2D eigenvalue weighted by Crippen LogP contribution is -2.47. The molecule has 2 atom stereocenters. The number of esters is 1. The monoisotopic (exact) mass is 328 g/mol. The number of benzene rings is 1. The number of ether oxygens (including phenoxy) is 2. The molecule has 1 aromatic carbocycles. The van der Waals surface area contributed by atoms with Crippen LogP contribution < -0.4 is 5.73 Å². The van der Waals surface area contributed by atoms with Gasteiger partial charge in [0, 0.05) is 32.8 Å². The number of halogens is 1. The number of likely N-dealkylation sites (tertiary alicyclic amines) is 1. The minimum Gasteiger partial charge on any atom is -0.465 e. The molecule has 124 valence electrons. The van der Waals surface area contributed by atoms with Gasteiger partial charge in [-0.2, -0.15) is 0 Å². The highest BCUT2D eigenvalue weighted by Gasteiger charge is 2.27. The van der Waals surface area contributed by atoms with Crippen molar-refractivity contribution in [2.24, 2.45) is 5.73 Å². The van der Waals surface area contributed by atoms with E-state index in [4.69, 9.17) is 15.2 Å². The quantitative estimate of drug-likeness (QED) is 0.835. The van der Waals surface area contributed by atoms with Crippen molar-refractivity contribution in [1.29, 1.82) is 0 Å². The predicted molar refractivity (Wildman–Crippen MR) is 88.3 cm³/mol.